The van der Waals surface area contributed by atoms with Crippen LogP contribution in [0.2, 0.25) is 0 Å². The van der Waals surface area contributed by atoms with Crippen molar-refractivity contribution in [1.29, 1.82) is 5.26 Å². The van der Waals surface area contributed by atoms with Crippen LogP contribution in [0.25, 0.3) is 22.3 Å². The number of aromatic nitrogens is 4. The van der Waals surface area contributed by atoms with Gasteiger partial charge in [-0.05, 0) is 43.9 Å². The van der Waals surface area contributed by atoms with Gasteiger partial charge in [0.1, 0.15) is 17.8 Å². The summed E-state index contributed by atoms with van der Waals surface area (Å²) in [6.07, 6.45) is 5.97. The molecule has 6 rings (SSSR count). The monoisotopic (exact) mass is 506 g/mol. The Morgan fingerprint density at radius 2 is 1.58 bits per heavy atom. The number of benzene rings is 2. The van der Waals surface area contributed by atoms with Crippen molar-refractivity contribution in [3.05, 3.63) is 72.1 Å². The summed E-state index contributed by atoms with van der Waals surface area (Å²) in [5.41, 5.74) is 10.8. The second-order valence-corrected chi connectivity index (χ2v) is 10.6. The molecule has 1 atom stereocenters. The SMILES string of the molecule is CN1CCN(C2CCC(n3nc(-c4ccccc4C(C#N)c4ccccc4)c4c(N)ncnc43)CC2)CC1. The molecule has 2 aromatic carbocycles. The molecule has 2 fully saturated rings. The van der Waals surface area contributed by atoms with Crippen LogP contribution in [0.4, 0.5) is 5.82 Å². The highest BCUT2D eigenvalue weighted by Crippen LogP contribution is 2.40. The predicted octanol–water partition coefficient (Wildman–Crippen LogP) is 4.46. The van der Waals surface area contributed by atoms with Crippen LogP contribution < -0.4 is 5.73 Å². The second-order valence-electron chi connectivity index (χ2n) is 10.6. The first kappa shape index (κ1) is 24.5. The number of nitrogen functional groups attached to an aromatic ring is 1. The van der Waals surface area contributed by atoms with Gasteiger partial charge in [-0.25, -0.2) is 14.6 Å². The molecule has 2 aliphatic rings. The molecule has 38 heavy (non-hydrogen) atoms. The maximum Gasteiger partial charge on any atom is 0.164 e. The molecule has 0 spiro atoms. The number of nitriles is 1. The third kappa shape index (κ3) is 4.53. The lowest BCUT2D eigenvalue weighted by Gasteiger charge is -2.41. The summed E-state index contributed by atoms with van der Waals surface area (Å²) in [6, 6.07) is 21.3. The van der Waals surface area contributed by atoms with Gasteiger partial charge < -0.3 is 10.6 Å². The van der Waals surface area contributed by atoms with E-state index < -0.39 is 5.92 Å². The number of fused-ring (bicyclic) bond motifs is 1. The number of piperazine rings is 1. The van der Waals surface area contributed by atoms with Gasteiger partial charge in [-0.3, -0.25) is 4.90 Å². The van der Waals surface area contributed by atoms with Crippen LogP contribution in [0.5, 0.6) is 0 Å². The normalized spacial score (nSPS) is 21.8. The van der Waals surface area contributed by atoms with Gasteiger partial charge in [0.05, 0.1) is 23.4 Å². The highest BCUT2D eigenvalue weighted by atomic mass is 15.3. The molecule has 1 unspecified atom stereocenters. The van der Waals surface area contributed by atoms with Crippen molar-refractivity contribution in [3.63, 3.8) is 0 Å². The van der Waals surface area contributed by atoms with Crippen molar-refractivity contribution in [2.75, 3.05) is 39.0 Å². The Morgan fingerprint density at radius 3 is 2.32 bits per heavy atom. The molecule has 4 aromatic rings. The topological polar surface area (TPSA) is 99.9 Å². The molecule has 0 bridgehead atoms. The maximum absolute atomic E-state index is 10.2. The van der Waals surface area contributed by atoms with Crippen molar-refractivity contribution in [1.82, 2.24) is 29.5 Å². The van der Waals surface area contributed by atoms with E-state index in [0.717, 1.165) is 85.3 Å². The minimum atomic E-state index is -0.419. The summed E-state index contributed by atoms with van der Waals surface area (Å²) in [4.78, 5) is 14.1. The third-order valence-electron chi connectivity index (χ3n) is 8.37. The second kappa shape index (κ2) is 10.5. The zero-order chi connectivity index (χ0) is 26.1. The molecule has 1 saturated carbocycles. The molecular weight excluding hydrogens is 472 g/mol. The Kier molecular flexibility index (Phi) is 6.79. The third-order valence-corrected chi connectivity index (χ3v) is 8.37. The van der Waals surface area contributed by atoms with Crippen LogP contribution in [0.15, 0.2) is 60.9 Å². The van der Waals surface area contributed by atoms with E-state index in [0.29, 0.717) is 11.9 Å². The summed E-state index contributed by atoms with van der Waals surface area (Å²) in [5.74, 6) is 0.00266. The zero-order valence-corrected chi connectivity index (χ0v) is 21.9. The number of hydrogen-bond donors (Lipinski definition) is 1. The molecule has 8 heteroatoms. The molecule has 2 aromatic heterocycles. The molecular formula is C30H34N8. The van der Waals surface area contributed by atoms with Crippen molar-refractivity contribution >= 4 is 16.9 Å². The highest BCUT2D eigenvalue weighted by Gasteiger charge is 2.31. The fraction of sp³-hybridized carbons (Fsp3) is 0.400. The van der Waals surface area contributed by atoms with E-state index in [4.69, 9.17) is 10.8 Å². The van der Waals surface area contributed by atoms with Crippen LogP contribution in [-0.4, -0.2) is 68.8 Å². The number of rotatable bonds is 5. The number of hydrogen-bond acceptors (Lipinski definition) is 7. The van der Waals surface area contributed by atoms with E-state index in [-0.39, 0.29) is 6.04 Å². The maximum atomic E-state index is 10.2. The van der Waals surface area contributed by atoms with Gasteiger partial charge in [0.25, 0.3) is 0 Å². The summed E-state index contributed by atoms with van der Waals surface area (Å²) in [7, 11) is 2.21. The smallest absolute Gasteiger partial charge is 0.164 e. The van der Waals surface area contributed by atoms with Crippen molar-refractivity contribution in [3.8, 4) is 17.3 Å². The van der Waals surface area contributed by atoms with Gasteiger partial charge in [0.2, 0.25) is 0 Å². The number of anilines is 1. The quantitative estimate of drug-likeness (QED) is 0.426. The lowest BCUT2D eigenvalue weighted by molar-refractivity contribution is 0.0815. The van der Waals surface area contributed by atoms with Crippen molar-refractivity contribution in [2.45, 2.75) is 43.7 Å². The van der Waals surface area contributed by atoms with Crippen molar-refractivity contribution < 1.29 is 0 Å². The molecule has 8 nitrogen and oxygen atoms in total. The summed E-state index contributed by atoms with van der Waals surface area (Å²) < 4.78 is 2.09. The van der Waals surface area contributed by atoms with Crippen LogP contribution in [0, 0.1) is 11.3 Å². The summed E-state index contributed by atoms with van der Waals surface area (Å²) in [5, 5.41) is 16.1. The molecule has 0 radical (unpaired) electrons. The van der Waals surface area contributed by atoms with E-state index in [1.165, 1.54) is 6.33 Å². The van der Waals surface area contributed by atoms with Crippen LogP contribution in [-0.2, 0) is 0 Å². The number of likely N-dealkylation sites (N-methyl/N-ethyl adjacent to an activating group) is 1. The van der Waals surface area contributed by atoms with Gasteiger partial charge in [-0.15, -0.1) is 0 Å². The molecule has 2 N–H and O–H groups in total. The molecule has 1 saturated heterocycles. The van der Waals surface area contributed by atoms with Gasteiger partial charge in [0.15, 0.2) is 5.65 Å². The average Bonchev–Trinajstić information content (AvgIpc) is 3.36. The first-order valence-electron chi connectivity index (χ1n) is 13.6. The van der Waals surface area contributed by atoms with E-state index in [9.17, 15) is 5.26 Å². The van der Waals surface area contributed by atoms with Gasteiger partial charge >= 0.3 is 0 Å². The Hall–Kier alpha value is -3.80. The Labute approximate surface area is 223 Å². The summed E-state index contributed by atoms with van der Waals surface area (Å²) >= 11 is 0. The van der Waals surface area contributed by atoms with E-state index in [1.807, 2.05) is 54.6 Å². The van der Waals surface area contributed by atoms with E-state index >= 15 is 0 Å². The largest absolute Gasteiger partial charge is 0.383 e. The molecule has 194 valence electrons. The Morgan fingerprint density at radius 1 is 0.895 bits per heavy atom. The van der Waals surface area contributed by atoms with Gasteiger partial charge in [0, 0.05) is 37.8 Å². The van der Waals surface area contributed by atoms with Crippen molar-refractivity contribution in [2.24, 2.45) is 0 Å². The molecule has 1 aliphatic carbocycles. The first-order chi connectivity index (χ1) is 18.6. The van der Waals surface area contributed by atoms with Gasteiger partial charge in [-0.2, -0.15) is 10.4 Å². The summed E-state index contributed by atoms with van der Waals surface area (Å²) in [6.45, 7) is 4.61. The standard InChI is InChI=1S/C30H34N8/c1-36-15-17-37(18-16-36)22-11-13-23(14-12-22)38-30-27(29(32)33-20-34-30)28(35-38)25-10-6-5-9-24(25)26(19-31)21-7-3-2-4-8-21/h2-10,20,22-23,26H,11-18H2,1H3,(H2,32,33,34). The highest BCUT2D eigenvalue weighted by molar-refractivity contribution is 5.99. The first-order valence-corrected chi connectivity index (χ1v) is 13.6. The molecule has 3 heterocycles. The molecule has 1 aliphatic heterocycles. The predicted molar refractivity (Wildman–Crippen MR) is 149 cm³/mol. The average molecular weight is 507 g/mol. The van der Waals surface area contributed by atoms with E-state index in [2.05, 4.69) is 37.6 Å². The minimum Gasteiger partial charge on any atom is -0.383 e. The molecule has 0 amide bonds. The van der Waals surface area contributed by atoms with Crippen LogP contribution in [0.3, 0.4) is 0 Å². The van der Waals surface area contributed by atoms with Crippen LogP contribution >= 0.6 is 0 Å². The Balaban J connectivity index is 1.36. The number of nitrogens with two attached hydrogens (primary N) is 1. The van der Waals surface area contributed by atoms with E-state index in [1.54, 1.807) is 0 Å². The lowest BCUT2D eigenvalue weighted by atomic mass is 9.88. The van der Waals surface area contributed by atoms with Crippen LogP contribution in [0.1, 0.15) is 48.8 Å². The number of nitrogens with zero attached hydrogens (tertiary/aromatic N) is 7. The lowest BCUT2D eigenvalue weighted by Crippen LogP contribution is -2.49. The van der Waals surface area contributed by atoms with Gasteiger partial charge in [-0.1, -0.05) is 54.6 Å². The fourth-order valence-electron chi connectivity index (χ4n) is 6.23. The minimum absolute atomic E-state index is 0.261. The fourth-order valence-corrected chi connectivity index (χ4v) is 6.23. The zero-order valence-electron chi connectivity index (χ0n) is 21.9. The Bertz CT molecular complexity index is 1440.